The largest absolute Gasteiger partial charge is 0.353 e. The number of halogens is 2. The molecule has 1 aliphatic carbocycles. The minimum absolute atomic E-state index is 0. The molecule has 3 N–H and O–H groups in total. The third-order valence-corrected chi connectivity index (χ3v) is 3.86. The fourth-order valence-electron chi connectivity index (χ4n) is 2.52. The summed E-state index contributed by atoms with van der Waals surface area (Å²) < 4.78 is 13.1. The number of nitrogens with two attached hydrogens (primary N) is 1. The van der Waals surface area contributed by atoms with E-state index in [0.717, 1.165) is 25.7 Å². The molecule has 0 aromatic heterocycles. The second kappa shape index (κ2) is 7.60. The number of hydrogen-bond donors (Lipinski definition) is 2. The highest BCUT2D eigenvalue weighted by Crippen LogP contribution is 2.20. The first-order chi connectivity index (χ1) is 9.06. The second-order valence-electron chi connectivity index (χ2n) is 5.40. The van der Waals surface area contributed by atoms with Crippen LogP contribution in [0.2, 0.25) is 0 Å². The van der Waals surface area contributed by atoms with Crippen LogP contribution >= 0.6 is 12.4 Å². The van der Waals surface area contributed by atoms with Crippen molar-refractivity contribution >= 4 is 18.3 Å². The molecule has 5 heteroatoms. The molecule has 0 bridgehead atoms. The first-order valence-corrected chi connectivity index (χ1v) is 6.87. The molecule has 0 saturated heterocycles. The van der Waals surface area contributed by atoms with Crippen LogP contribution in [0.25, 0.3) is 0 Å². The summed E-state index contributed by atoms with van der Waals surface area (Å²) in [6.45, 7) is 1.80. The van der Waals surface area contributed by atoms with E-state index in [1.54, 1.807) is 19.1 Å². The third kappa shape index (κ3) is 4.46. The van der Waals surface area contributed by atoms with Gasteiger partial charge >= 0.3 is 0 Å². The summed E-state index contributed by atoms with van der Waals surface area (Å²) in [6, 6.07) is 6.70. The molecule has 2 rings (SSSR count). The van der Waals surface area contributed by atoms with Crippen molar-refractivity contribution in [2.45, 2.75) is 50.6 Å². The molecule has 1 saturated carbocycles. The number of hydrogen-bond acceptors (Lipinski definition) is 2. The molecule has 0 spiro atoms. The summed E-state index contributed by atoms with van der Waals surface area (Å²) in [6.07, 6.45) is 3.78. The summed E-state index contributed by atoms with van der Waals surface area (Å²) in [5.41, 5.74) is 6.55. The van der Waals surface area contributed by atoms with Crippen LogP contribution < -0.4 is 11.1 Å². The van der Waals surface area contributed by atoms with Gasteiger partial charge in [0.05, 0.1) is 5.92 Å². The Bertz CT molecular complexity index is 447. The van der Waals surface area contributed by atoms with E-state index >= 15 is 0 Å². The van der Waals surface area contributed by atoms with Crippen molar-refractivity contribution in [2.24, 2.45) is 5.73 Å². The average Bonchev–Trinajstić information content (AvgIpc) is 2.40. The van der Waals surface area contributed by atoms with Gasteiger partial charge in [0.25, 0.3) is 0 Å². The van der Waals surface area contributed by atoms with Gasteiger partial charge in [0.15, 0.2) is 0 Å². The number of carbonyl (C=O) groups is 1. The molecule has 1 atom stereocenters. The van der Waals surface area contributed by atoms with E-state index in [0.29, 0.717) is 5.56 Å². The molecule has 0 radical (unpaired) electrons. The number of benzene rings is 1. The van der Waals surface area contributed by atoms with E-state index in [2.05, 4.69) is 5.32 Å². The fraction of sp³-hybridized carbons (Fsp3) is 0.533. The van der Waals surface area contributed by atoms with Crippen LogP contribution in [-0.4, -0.2) is 18.0 Å². The average molecular weight is 301 g/mol. The molecule has 3 nitrogen and oxygen atoms in total. The first-order valence-electron chi connectivity index (χ1n) is 6.87. The highest BCUT2D eigenvalue weighted by atomic mass is 35.5. The lowest BCUT2D eigenvalue weighted by atomic mass is 9.91. The first kappa shape index (κ1) is 16.9. The van der Waals surface area contributed by atoms with Crippen LogP contribution in [0.4, 0.5) is 4.39 Å². The van der Waals surface area contributed by atoms with Crippen molar-refractivity contribution < 1.29 is 9.18 Å². The van der Waals surface area contributed by atoms with Gasteiger partial charge in [-0.05, 0) is 50.3 Å². The minimum Gasteiger partial charge on any atom is -0.353 e. The zero-order chi connectivity index (χ0) is 13.8. The van der Waals surface area contributed by atoms with Gasteiger partial charge in [0.2, 0.25) is 5.91 Å². The van der Waals surface area contributed by atoms with Crippen LogP contribution in [-0.2, 0) is 4.79 Å². The van der Waals surface area contributed by atoms with Gasteiger partial charge in [-0.3, -0.25) is 4.79 Å². The predicted molar refractivity (Wildman–Crippen MR) is 80.4 cm³/mol. The number of nitrogens with one attached hydrogen (secondary N) is 1. The van der Waals surface area contributed by atoms with E-state index in [-0.39, 0.29) is 42.1 Å². The van der Waals surface area contributed by atoms with Gasteiger partial charge in [-0.2, -0.15) is 0 Å². The summed E-state index contributed by atoms with van der Waals surface area (Å²) in [7, 11) is 0. The molecule has 1 aliphatic rings. The highest BCUT2D eigenvalue weighted by molar-refractivity contribution is 5.85. The van der Waals surface area contributed by atoms with Crippen LogP contribution in [0.5, 0.6) is 0 Å². The van der Waals surface area contributed by atoms with E-state index < -0.39 is 0 Å². The number of amides is 1. The normalized spacial score (nSPS) is 23.6. The topological polar surface area (TPSA) is 55.1 Å². The smallest absolute Gasteiger partial charge is 0.227 e. The molecule has 1 fully saturated rings. The molecule has 20 heavy (non-hydrogen) atoms. The van der Waals surface area contributed by atoms with Crippen molar-refractivity contribution in [3.8, 4) is 0 Å². The Morgan fingerprint density at radius 2 is 2.00 bits per heavy atom. The molecule has 1 aromatic carbocycles. The SMILES string of the molecule is CC(C(=O)NC1CCC(N)CC1)c1cccc(F)c1.Cl. The van der Waals surface area contributed by atoms with Gasteiger partial charge in [0.1, 0.15) is 5.82 Å². The minimum atomic E-state index is -0.328. The van der Waals surface area contributed by atoms with Crippen molar-refractivity contribution in [1.29, 1.82) is 0 Å². The summed E-state index contributed by atoms with van der Waals surface area (Å²) in [5, 5.41) is 3.04. The molecular formula is C15H22ClFN2O. The highest BCUT2D eigenvalue weighted by Gasteiger charge is 2.23. The van der Waals surface area contributed by atoms with E-state index in [1.807, 2.05) is 0 Å². The zero-order valence-electron chi connectivity index (χ0n) is 11.6. The second-order valence-corrected chi connectivity index (χ2v) is 5.40. The maximum absolute atomic E-state index is 13.1. The molecule has 0 aliphatic heterocycles. The standard InChI is InChI=1S/C15H21FN2O.ClH/c1-10(11-3-2-4-12(16)9-11)15(19)18-14-7-5-13(17)6-8-14;/h2-4,9-10,13-14H,5-8,17H2,1H3,(H,18,19);1H. The molecule has 0 heterocycles. The molecule has 112 valence electrons. The zero-order valence-corrected chi connectivity index (χ0v) is 12.5. The quantitative estimate of drug-likeness (QED) is 0.902. The summed E-state index contributed by atoms with van der Waals surface area (Å²) in [5.74, 6) is -0.668. The van der Waals surface area contributed by atoms with Crippen molar-refractivity contribution in [2.75, 3.05) is 0 Å². The van der Waals surface area contributed by atoms with Crippen LogP contribution in [0, 0.1) is 5.82 Å². The lowest BCUT2D eigenvalue weighted by Crippen LogP contribution is -2.42. The molecule has 1 amide bonds. The Balaban J connectivity index is 0.00000200. The maximum atomic E-state index is 13.1. The van der Waals surface area contributed by atoms with Crippen LogP contribution in [0.3, 0.4) is 0 Å². The van der Waals surface area contributed by atoms with Gasteiger partial charge in [-0.1, -0.05) is 12.1 Å². The third-order valence-electron chi connectivity index (χ3n) is 3.86. The molecular weight excluding hydrogens is 279 g/mol. The Hall–Kier alpha value is -1.13. The van der Waals surface area contributed by atoms with Crippen molar-refractivity contribution in [1.82, 2.24) is 5.32 Å². The van der Waals surface area contributed by atoms with Crippen molar-refractivity contribution in [3.63, 3.8) is 0 Å². The Kier molecular flexibility index (Phi) is 6.43. The molecule has 1 unspecified atom stereocenters. The Morgan fingerprint density at radius 3 is 2.60 bits per heavy atom. The maximum Gasteiger partial charge on any atom is 0.227 e. The lowest BCUT2D eigenvalue weighted by molar-refractivity contribution is -0.123. The van der Waals surface area contributed by atoms with E-state index in [1.165, 1.54) is 12.1 Å². The number of carbonyl (C=O) groups excluding carboxylic acids is 1. The monoisotopic (exact) mass is 300 g/mol. The summed E-state index contributed by atoms with van der Waals surface area (Å²) >= 11 is 0. The van der Waals surface area contributed by atoms with Crippen LogP contribution in [0.15, 0.2) is 24.3 Å². The predicted octanol–water partition coefficient (Wildman–Crippen LogP) is 2.74. The van der Waals surface area contributed by atoms with Gasteiger partial charge in [-0.25, -0.2) is 4.39 Å². The van der Waals surface area contributed by atoms with Gasteiger partial charge in [0, 0.05) is 12.1 Å². The molecule has 1 aromatic rings. The van der Waals surface area contributed by atoms with Crippen molar-refractivity contribution in [3.05, 3.63) is 35.6 Å². The Labute approximate surface area is 125 Å². The Morgan fingerprint density at radius 1 is 1.35 bits per heavy atom. The van der Waals surface area contributed by atoms with E-state index in [9.17, 15) is 9.18 Å². The van der Waals surface area contributed by atoms with Gasteiger partial charge in [-0.15, -0.1) is 12.4 Å². The summed E-state index contributed by atoms with van der Waals surface area (Å²) in [4.78, 5) is 12.1. The lowest BCUT2D eigenvalue weighted by Gasteiger charge is -2.28. The van der Waals surface area contributed by atoms with Crippen LogP contribution in [0.1, 0.15) is 44.1 Å². The number of rotatable bonds is 3. The fourth-order valence-corrected chi connectivity index (χ4v) is 2.52. The van der Waals surface area contributed by atoms with Gasteiger partial charge < -0.3 is 11.1 Å². The van der Waals surface area contributed by atoms with E-state index in [4.69, 9.17) is 5.73 Å².